The average Bonchev–Trinajstić information content (AvgIpc) is 3.18. The van der Waals surface area contributed by atoms with E-state index in [1.807, 2.05) is 41.4 Å². The van der Waals surface area contributed by atoms with Crippen LogP contribution in [-0.2, 0) is 0 Å². The zero-order chi connectivity index (χ0) is 14.8. The molecule has 0 atom stereocenters. The summed E-state index contributed by atoms with van der Waals surface area (Å²) in [5.74, 6) is 0.649. The van der Waals surface area contributed by atoms with E-state index < -0.39 is 0 Å². The SMILES string of the molecule is CC(C)CN(C(=O)c1ccc(-n2cccn2)cc1)C1CC1. The standard InChI is InChI=1S/C17H21N3O/c1-13(2)12-19(15-8-9-15)17(21)14-4-6-16(7-5-14)20-11-3-10-18-20/h3-7,10-11,13,15H,8-9,12H2,1-2H3. The van der Waals surface area contributed by atoms with Crippen LogP contribution >= 0.6 is 0 Å². The summed E-state index contributed by atoms with van der Waals surface area (Å²) in [6.45, 7) is 5.15. The molecule has 4 nitrogen and oxygen atoms in total. The van der Waals surface area contributed by atoms with E-state index >= 15 is 0 Å². The molecule has 0 saturated heterocycles. The Hall–Kier alpha value is -2.10. The Morgan fingerprint density at radius 2 is 2.05 bits per heavy atom. The molecule has 1 amide bonds. The van der Waals surface area contributed by atoms with E-state index in [4.69, 9.17) is 0 Å². The molecule has 0 spiro atoms. The molecule has 1 fully saturated rings. The summed E-state index contributed by atoms with van der Waals surface area (Å²) < 4.78 is 1.79. The zero-order valence-electron chi connectivity index (χ0n) is 12.6. The topological polar surface area (TPSA) is 38.1 Å². The highest BCUT2D eigenvalue weighted by molar-refractivity contribution is 5.94. The van der Waals surface area contributed by atoms with Gasteiger partial charge in [0.2, 0.25) is 0 Å². The van der Waals surface area contributed by atoms with E-state index in [-0.39, 0.29) is 5.91 Å². The van der Waals surface area contributed by atoms with Crippen molar-refractivity contribution >= 4 is 5.91 Å². The maximum absolute atomic E-state index is 12.7. The Morgan fingerprint density at radius 1 is 1.33 bits per heavy atom. The monoisotopic (exact) mass is 283 g/mol. The van der Waals surface area contributed by atoms with Crippen LogP contribution in [0.1, 0.15) is 37.0 Å². The number of carbonyl (C=O) groups is 1. The van der Waals surface area contributed by atoms with Crippen LogP contribution < -0.4 is 0 Å². The molecule has 3 rings (SSSR count). The van der Waals surface area contributed by atoms with Gasteiger partial charge in [-0.2, -0.15) is 5.10 Å². The lowest BCUT2D eigenvalue weighted by Crippen LogP contribution is -2.36. The van der Waals surface area contributed by atoms with Gasteiger partial charge in [0.05, 0.1) is 5.69 Å². The average molecular weight is 283 g/mol. The summed E-state index contributed by atoms with van der Waals surface area (Å²) in [6, 6.07) is 10.0. The smallest absolute Gasteiger partial charge is 0.254 e. The molecule has 110 valence electrons. The van der Waals surface area contributed by atoms with E-state index in [0.717, 1.165) is 30.6 Å². The predicted octanol–water partition coefficient (Wildman–Crippen LogP) is 3.13. The van der Waals surface area contributed by atoms with Gasteiger partial charge in [-0.3, -0.25) is 4.79 Å². The van der Waals surface area contributed by atoms with Gasteiger partial charge in [-0.1, -0.05) is 13.8 Å². The first-order valence-electron chi connectivity index (χ1n) is 7.56. The number of amides is 1. The summed E-state index contributed by atoms with van der Waals surface area (Å²) in [5.41, 5.74) is 1.73. The second kappa shape index (κ2) is 5.72. The van der Waals surface area contributed by atoms with Gasteiger partial charge in [0, 0.05) is 30.5 Å². The number of nitrogens with zero attached hydrogens (tertiary/aromatic N) is 3. The number of rotatable bonds is 5. The summed E-state index contributed by atoms with van der Waals surface area (Å²) in [5, 5.41) is 4.20. The lowest BCUT2D eigenvalue weighted by molar-refractivity contribution is 0.0722. The number of benzene rings is 1. The van der Waals surface area contributed by atoms with Crippen molar-refractivity contribution < 1.29 is 4.79 Å². The van der Waals surface area contributed by atoms with Crippen molar-refractivity contribution in [2.75, 3.05) is 6.54 Å². The third-order valence-corrected chi connectivity index (χ3v) is 3.69. The van der Waals surface area contributed by atoms with Crippen LogP contribution in [0.5, 0.6) is 0 Å². The van der Waals surface area contributed by atoms with Crippen molar-refractivity contribution in [3.8, 4) is 5.69 Å². The van der Waals surface area contributed by atoms with Crippen molar-refractivity contribution in [2.24, 2.45) is 5.92 Å². The van der Waals surface area contributed by atoms with Crippen LogP contribution in [0.2, 0.25) is 0 Å². The van der Waals surface area contributed by atoms with Gasteiger partial charge in [0.25, 0.3) is 5.91 Å². The molecule has 2 aromatic rings. The molecule has 1 aromatic heterocycles. The maximum Gasteiger partial charge on any atom is 0.254 e. The Balaban J connectivity index is 1.77. The largest absolute Gasteiger partial charge is 0.335 e. The molecule has 1 saturated carbocycles. The second-order valence-electron chi connectivity index (χ2n) is 6.08. The molecule has 0 N–H and O–H groups in total. The highest BCUT2D eigenvalue weighted by Crippen LogP contribution is 2.29. The molecule has 1 heterocycles. The lowest BCUT2D eigenvalue weighted by atomic mass is 10.1. The molecule has 1 aromatic carbocycles. The molecule has 4 heteroatoms. The quantitative estimate of drug-likeness (QED) is 0.845. The van der Waals surface area contributed by atoms with Crippen LogP contribution in [0.15, 0.2) is 42.7 Å². The summed E-state index contributed by atoms with van der Waals surface area (Å²) in [4.78, 5) is 14.7. The Kier molecular flexibility index (Phi) is 3.78. The minimum absolute atomic E-state index is 0.151. The van der Waals surface area contributed by atoms with Crippen LogP contribution in [0.3, 0.4) is 0 Å². The van der Waals surface area contributed by atoms with Crippen LogP contribution in [0.25, 0.3) is 5.69 Å². The van der Waals surface area contributed by atoms with Gasteiger partial charge in [0.1, 0.15) is 0 Å². The molecule has 0 bridgehead atoms. The van der Waals surface area contributed by atoms with Gasteiger partial charge in [-0.15, -0.1) is 0 Å². The third-order valence-electron chi connectivity index (χ3n) is 3.69. The highest BCUT2D eigenvalue weighted by Gasteiger charge is 2.33. The zero-order valence-corrected chi connectivity index (χ0v) is 12.6. The minimum Gasteiger partial charge on any atom is -0.335 e. The number of hydrogen-bond acceptors (Lipinski definition) is 2. The van der Waals surface area contributed by atoms with Gasteiger partial charge in [0.15, 0.2) is 0 Å². The van der Waals surface area contributed by atoms with E-state index in [1.54, 1.807) is 10.9 Å². The van der Waals surface area contributed by atoms with Crippen molar-refractivity contribution in [3.05, 3.63) is 48.3 Å². The maximum atomic E-state index is 12.7. The summed E-state index contributed by atoms with van der Waals surface area (Å²) >= 11 is 0. The number of carbonyl (C=O) groups excluding carboxylic acids is 1. The molecular weight excluding hydrogens is 262 g/mol. The van der Waals surface area contributed by atoms with Crippen molar-refractivity contribution in [1.82, 2.24) is 14.7 Å². The molecule has 0 unspecified atom stereocenters. The third kappa shape index (κ3) is 3.15. The normalized spacial score (nSPS) is 14.4. The predicted molar refractivity (Wildman–Crippen MR) is 82.5 cm³/mol. The van der Waals surface area contributed by atoms with E-state index in [2.05, 4.69) is 18.9 Å². The van der Waals surface area contributed by atoms with Crippen molar-refractivity contribution in [1.29, 1.82) is 0 Å². The summed E-state index contributed by atoms with van der Waals surface area (Å²) in [7, 11) is 0. The lowest BCUT2D eigenvalue weighted by Gasteiger charge is -2.24. The molecular formula is C17H21N3O. The Bertz CT molecular complexity index is 597. The first kappa shape index (κ1) is 13.9. The Morgan fingerprint density at radius 3 is 2.57 bits per heavy atom. The van der Waals surface area contributed by atoms with Crippen molar-refractivity contribution in [3.63, 3.8) is 0 Å². The fourth-order valence-corrected chi connectivity index (χ4v) is 2.52. The molecule has 21 heavy (non-hydrogen) atoms. The molecule has 1 aliphatic carbocycles. The number of aromatic nitrogens is 2. The van der Waals surface area contributed by atoms with E-state index in [9.17, 15) is 4.79 Å². The van der Waals surface area contributed by atoms with Crippen molar-refractivity contribution in [2.45, 2.75) is 32.7 Å². The fraction of sp³-hybridized carbons (Fsp3) is 0.412. The van der Waals surface area contributed by atoms with Gasteiger partial charge >= 0.3 is 0 Å². The molecule has 0 aliphatic heterocycles. The summed E-state index contributed by atoms with van der Waals surface area (Å²) in [6.07, 6.45) is 5.93. The minimum atomic E-state index is 0.151. The van der Waals surface area contributed by atoms with E-state index in [1.165, 1.54) is 0 Å². The Labute approximate surface area is 125 Å². The first-order valence-corrected chi connectivity index (χ1v) is 7.56. The first-order chi connectivity index (χ1) is 10.1. The van der Waals surface area contributed by atoms with Crippen LogP contribution in [0, 0.1) is 5.92 Å². The highest BCUT2D eigenvalue weighted by atomic mass is 16.2. The number of hydrogen-bond donors (Lipinski definition) is 0. The van der Waals surface area contributed by atoms with Gasteiger partial charge < -0.3 is 4.90 Å². The molecule has 0 radical (unpaired) electrons. The second-order valence-corrected chi connectivity index (χ2v) is 6.08. The van der Waals surface area contributed by atoms with Crippen LogP contribution in [0.4, 0.5) is 0 Å². The fourth-order valence-electron chi connectivity index (χ4n) is 2.52. The van der Waals surface area contributed by atoms with Crippen LogP contribution in [-0.4, -0.2) is 33.2 Å². The van der Waals surface area contributed by atoms with Gasteiger partial charge in [-0.25, -0.2) is 4.68 Å². The molecule has 1 aliphatic rings. The van der Waals surface area contributed by atoms with Gasteiger partial charge in [-0.05, 0) is 49.1 Å². The van der Waals surface area contributed by atoms with E-state index in [0.29, 0.717) is 12.0 Å².